The monoisotopic (exact) mass is 398 g/mol. The van der Waals surface area contributed by atoms with Gasteiger partial charge in [-0.2, -0.15) is 0 Å². The summed E-state index contributed by atoms with van der Waals surface area (Å²) in [6.07, 6.45) is 23.1. The second-order valence-electron chi connectivity index (χ2n) is 7.72. The van der Waals surface area contributed by atoms with Crippen LogP contribution in [0.5, 0.6) is 0 Å². The maximum Gasteiger partial charge on any atom is 0.0694 e. The van der Waals surface area contributed by atoms with E-state index in [0.717, 1.165) is 52.1 Å². The molecule has 0 saturated carbocycles. The third-order valence-corrected chi connectivity index (χ3v) is 5.36. The molecule has 0 spiro atoms. The van der Waals surface area contributed by atoms with Crippen LogP contribution in [0.2, 0.25) is 0 Å². The minimum absolute atomic E-state index is 0.820. The van der Waals surface area contributed by atoms with Gasteiger partial charge in [-0.25, -0.2) is 20.0 Å². The van der Waals surface area contributed by atoms with Crippen LogP contribution in [0.15, 0.2) is 145 Å². The Bertz CT molecular complexity index is 1360. The first-order valence-electron chi connectivity index (χ1n) is 10.3. The molecule has 0 saturated heterocycles. The predicted molar refractivity (Wildman–Crippen MR) is 128 cm³/mol. The molecule has 0 aliphatic carbocycles. The quantitative estimate of drug-likeness (QED) is 0.658. The van der Waals surface area contributed by atoms with Crippen molar-refractivity contribution in [3.8, 4) is 0 Å². The molecular weight excluding hydrogens is 380 g/mol. The van der Waals surface area contributed by atoms with E-state index in [-0.39, 0.29) is 0 Å². The van der Waals surface area contributed by atoms with Gasteiger partial charge in [0.1, 0.15) is 0 Å². The summed E-state index contributed by atoms with van der Waals surface area (Å²) < 4.78 is 0. The predicted octanol–water partition coefficient (Wildman–Crippen LogP) is 5.19. The van der Waals surface area contributed by atoms with Crippen molar-refractivity contribution in [2.45, 2.75) is 6.42 Å². The van der Waals surface area contributed by atoms with Crippen LogP contribution in [-0.4, -0.2) is 22.8 Å². The molecule has 0 N–H and O–H groups in total. The van der Waals surface area contributed by atoms with Crippen molar-refractivity contribution in [3.05, 3.63) is 131 Å². The normalized spacial score (nSPS) is 20.5. The first-order chi connectivity index (χ1) is 15.3. The smallest absolute Gasteiger partial charge is 0.0694 e. The summed E-state index contributed by atoms with van der Waals surface area (Å²) in [5.41, 5.74) is 9.62. The van der Waals surface area contributed by atoms with Gasteiger partial charge in [0.05, 0.1) is 45.6 Å². The first-order valence-corrected chi connectivity index (χ1v) is 10.3. The Balaban J connectivity index is 1.45. The van der Waals surface area contributed by atoms with Crippen molar-refractivity contribution >= 4 is 22.8 Å². The topological polar surface area (TPSA) is 49.4 Å². The van der Waals surface area contributed by atoms with Gasteiger partial charge >= 0.3 is 0 Å². The maximum absolute atomic E-state index is 4.89. The van der Waals surface area contributed by atoms with E-state index >= 15 is 0 Å². The molecule has 0 fully saturated rings. The third kappa shape index (κ3) is 3.71. The number of rotatable bonds is 2. The van der Waals surface area contributed by atoms with E-state index in [1.807, 2.05) is 60.8 Å². The summed E-state index contributed by atoms with van der Waals surface area (Å²) in [7, 11) is 0. The van der Waals surface area contributed by atoms with Crippen molar-refractivity contribution in [2.24, 2.45) is 20.0 Å². The highest BCUT2D eigenvalue weighted by atomic mass is 14.8. The number of benzene rings is 1. The fourth-order valence-electron chi connectivity index (χ4n) is 3.91. The number of fused-ring (bicyclic) bond motifs is 4. The van der Waals surface area contributed by atoms with Crippen molar-refractivity contribution in [1.82, 2.24) is 0 Å². The molecule has 146 valence electrons. The minimum Gasteiger partial charge on any atom is -0.249 e. The highest BCUT2D eigenvalue weighted by molar-refractivity contribution is 6.15. The van der Waals surface area contributed by atoms with Gasteiger partial charge in [-0.1, -0.05) is 30.3 Å². The largest absolute Gasteiger partial charge is 0.249 e. The van der Waals surface area contributed by atoms with Crippen LogP contribution in [0.3, 0.4) is 0 Å². The number of hydrogen-bond acceptors (Lipinski definition) is 4. The summed E-state index contributed by atoms with van der Waals surface area (Å²) in [6.45, 7) is 0. The molecule has 0 atom stereocenters. The van der Waals surface area contributed by atoms with Crippen molar-refractivity contribution in [3.63, 3.8) is 0 Å². The van der Waals surface area contributed by atoms with E-state index < -0.39 is 0 Å². The van der Waals surface area contributed by atoms with Gasteiger partial charge in [-0.3, -0.25) is 0 Å². The minimum atomic E-state index is 0.820. The van der Waals surface area contributed by atoms with E-state index in [1.54, 1.807) is 0 Å². The zero-order valence-electron chi connectivity index (χ0n) is 16.7. The Morgan fingerprint density at radius 3 is 1.65 bits per heavy atom. The van der Waals surface area contributed by atoms with Crippen molar-refractivity contribution in [2.75, 3.05) is 0 Å². The van der Waals surface area contributed by atoms with Gasteiger partial charge in [0.25, 0.3) is 0 Å². The zero-order valence-corrected chi connectivity index (χ0v) is 16.7. The van der Waals surface area contributed by atoms with Crippen LogP contribution in [0.4, 0.5) is 0 Å². The summed E-state index contributed by atoms with van der Waals surface area (Å²) >= 11 is 0. The second kappa shape index (κ2) is 7.26. The van der Waals surface area contributed by atoms with Crippen LogP contribution in [0, 0.1) is 0 Å². The maximum atomic E-state index is 4.89. The van der Waals surface area contributed by atoms with Gasteiger partial charge in [0, 0.05) is 0 Å². The van der Waals surface area contributed by atoms with E-state index in [1.165, 1.54) is 11.1 Å². The standard InChI is InChI=1S/C27H18N4/c1-2-4-18(5-3-1)12-19-13-26-16-24-9-8-22(29-24)14-20-6-7-21(28-20)15-23-10-11-25(30-23)17-27(19)31-26/h1-11,13-17H,12H2. The molecule has 0 unspecified atom stereocenters. The highest BCUT2D eigenvalue weighted by Gasteiger charge is 2.17. The number of nitrogens with zero attached hydrogens (tertiary/aromatic N) is 4. The molecule has 5 heterocycles. The van der Waals surface area contributed by atoms with Gasteiger partial charge in [-0.05, 0) is 84.4 Å². The van der Waals surface area contributed by atoms with Crippen LogP contribution in [-0.2, 0) is 6.42 Å². The molecule has 0 amide bonds. The molecule has 4 nitrogen and oxygen atoms in total. The van der Waals surface area contributed by atoms with E-state index in [0.29, 0.717) is 0 Å². The lowest BCUT2D eigenvalue weighted by Gasteiger charge is -2.04. The Morgan fingerprint density at radius 1 is 0.484 bits per heavy atom. The summed E-state index contributed by atoms with van der Waals surface area (Å²) in [5.74, 6) is 0. The molecule has 6 rings (SSSR count). The molecule has 31 heavy (non-hydrogen) atoms. The summed E-state index contributed by atoms with van der Waals surface area (Å²) in [6, 6.07) is 10.5. The van der Waals surface area contributed by atoms with E-state index in [4.69, 9.17) is 15.0 Å². The fraction of sp³-hybridized carbons (Fsp3) is 0.0370. The third-order valence-electron chi connectivity index (χ3n) is 5.36. The van der Waals surface area contributed by atoms with Gasteiger partial charge in [-0.15, -0.1) is 0 Å². The van der Waals surface area contributed by atoms with Crippen LogP contribution in [0.1, 0.15) is 5.56 Å². The first kappa shape index (κ1) is 17.7. The SMILES string of the molecule is C1=CC2=NC1=CC1=NC(=CC3=NC(=CC4=NC(=C2)C=C4)C(Cc2ccccc2)=C3)C=C1. The summed E-state index contributed by atoms with van der Waals surface area (Å²) in [4.78, 5) is 19.0. The van der Waals surface area contributed by atoms with Gasteiger partial charge in [0.15, 0.2) is 0 Å². The average Bonchev–Trinajstić information content (AvgIpc) is 3.55. The summed E-state index contributed by atoms with van der Waals surface area (Å²) in [5, 5.41) is 0. The molecule has 0 aromatic heterocycles. The van der Waals surface area contributed by atoms with Gasteiger partial charge < -0.3 is 0 Å². The molecule has 5 aliphatic heterocycles. The lowest BCUT2D eigenvalue weighted by molar-refractivity contribution is 1.15. The Labute approximate surface area is 180 Å². The molecule has 0 radical (unpaired) electrons. The van der Waals surface area contributed by atoms with Crippen LogP contribution < -0.4 is 0 Å². The zero-order chi connectivity index (χ0) is 20.6. The Kier molecular flexibility index (Phi) is 4.13. The number of allylic oxidation sites excluding steroid dienone is 12. The van der Waals surface area contributed by atoms with E-state index in [9.17, 15) is 0 Å². The lowest BCUT2D eigenvalue weighted by atomic mass is 10.0. The second-order valence-corrected chi connectivity index (χ2v) is 7.72. The number of hydrogen-bond donors (Lipinski definition) is 0. The molecule has 1 aromatic carbocycles. The molecule has 5 aliphatic rings. The van der Waals surface area contributed by atoms with E-state index in [2.05, 4.69) is 41.4 Å². The Hall–Kier alpha value is -4.18. The lowest BCUT2D eigenvalue weighted by Crippen LogP contribution is -1.94. The van der Waals surface area contributed by atoms with Crippen LogP contribution >= 0.6 is 0 Å². The van der Waals surface area contributed by atoms with Crippen molar-refractivity contribution < 1.29 is 0 Å². The molecule has 1 aromatic rings. The average molecular weight is 398 g/mol. The van der Waals surface area contributed by atoms with Crippen LogP contribution in [0.25, 0.3) is 0 Å². The molecular formula is C27H18N4. The highest BCUT2D eigenvalue weighted by Crippen LogP contribution is 2.26. The Morgan fingerprint density at radius 2 is 1.03 bits per heavy atom. The fourth-order valence-corrected chi connectivity index (χ4v) is 3.91. The number of aliphatic imine (C=N–C) groups is 4. The van der Waals surface area contributed by atoms with Crippen molar-refractivity contribution in [1.29, 1.82) is 0 Å². The van der Waals surface area contributed by atoms with Gasteiger partial charge in [0.2, 0.25) is 0 Å². The molecule has 4 heteroatoms. The molecule has 8 bridgehead atoms.